The van der Waals surface area contributed by atoms with Crippen molar-refractivity contribution >= 4 is 17.6 Å². The monoisotopic (exact) mass is 635 g/mol. The quantitative estimate of drug-likeness (QED) is 0.167. The van der Waals surface area contributed by atoms with Crippen molar-refractivity contribution in [3.63, 3.8) is 0 Å². The molecule has 2 atom stereocenters. The lowest BCUT2D eigenvalue weighted by Gasteiger charge is -2.34. The van der Waals surface area contributed by atoms with Crippen LogP contribution in [0.4, 0.5) is 5.69 Å². The normalized spacial score (nSPS) is 17.0. The molecule has 2 aromatic heterocycles. The molecule has 1 aliphatic heterocycles. The zero-order valence-corrected chi connectivity index (χ0v) is 27.6. The van der Waals surface area contributed by atoms with Crippen LogP contribution in [0.15, 0.2) is 60.8 Å². The third-order valence-corrected chi connectivity index (χ3v) is 9.87. The highest BCUT2D eigenvalue weighted by atomic mass is 16.4. The van der Waals surface area contributed by atoms with Crippen molar-refractivity contribution in [2.75, 3.05) is 18.4 Å². The molecule has 4 aromatic rings. The highest BCUT2D eigenvalue weighted by molar-refractivity contribution is 5.88. The Labute approximate surface area is 276 Å². The van der Waals surface area contributed by atoms with Gasteiger partial charge in [-0.1, -0.05) is 57.5 Å². The lowest BCUT2D eigenvalue weighted by Crippen LogP contribution is -2.43. The van der Waals surface area contributed by atoms with Crippen LogP contribution >= 0.6 is 0 Å². The molecule has 1 amide bonds. The number of carbonyl (C=O) groups excluding carboxylic acids is 1. The van der Waals surface area contributed by atoms with Crippen molar-refractivity contribution in [2.45, 2.75) is 90.2 Å². The molecule has 9 heteroatoms. The van der Waals surface area contributed by atoms with Crippen LogP contribution in [0.3, 0.4) is 0 Å². The Morgan fingerprint density at radius 2 is 1.79 bits per heavy atom. The smallest absolute Gasteiger partial charge is 0.339 e. The van der Waals surface area contributed by atoms with Gasteiger partial charge in [0.2, 0.25) is 0 Å². The molecular formula is C38H45N5O4. The average Bonchev–Trinajstić information content (AvgIpc) is 3.73. The Hall–Kier alpha value is -4.50. The van der Waals surface area contributed by atoms with Gasteiger partial charge in [-0.05, 0) is 97.4 Å². The molecule has 47 heavy (non-hydrogen) atoms. The van der Waals surface area contributed by atoms with E-state index < -0.39 is 12.1 Å². The van der Waals surface area contributed by atoms with E-state index in [4.69, 9.17) is 4.98 Å². The Morgan fingerprint density at radius 3 is 2.51 bits per heavy atom. The average molecular weight is 636 g/mol. The minimum absolute atomic E-state index is 0.125. The minimum atomic E-state index is -0.987. The molecule has 2 unspecified atom stereocenters. The summed E-state index contributed by atoms with van der Waals surface area (Å²) in [6.45, 7) is 7.48. The summed E-state index contributed by atoms with van der Waals surface area (Å²) in [6.07, 6.45) is 7.06. The summed E-state index contributed by atoms with van der Waals surface area (Å²) in [5.74, 6) is -0.113. The number of hydrogen-bond donors (Lipinski definition) is 3. The lowest BCUT2D eigenvalue weighted by atomic mass is 9.85. The van der Waals surface area contributed by atoms with Gasteiger partial charge in [-0.15, -0.1) is 0 Å². The van der Waals surface area contributed by atoms with Gasteiger partial charge in [0.1, 0.15) is 11.7 Å². The first-order chi connectivity index (χ1) is 22.8. The van der Waals surface area contributed by atoms with E-state index in [1.54, 1.807) is 4.68 Å². The topological polar surface area (TPSA) is 121 Å². The molecule has 1 saturated heterocycles. The van der Waals surface area contributed by atoms with Gasteiger partial charge < -0.3 is 20.4 Å². The third-order valence-electron chi connectivity index (χ3n) is 9.87. The van der Waals surface area contributed by atoms with Gasteiger partial charge >= 0.3 is 5.97 Å². The maximum absolute atomic E-state index is 12.6. The molecule has 9 nitrogen and oxygen atoms in total. The fourth-order valence-corrected chi connectivity index (χ4v) is 7.46. The van der Waals surface area contributed by atoms with Crippen LogP contribution < -0.4 is 5.32 Å². The van der Waals surface area contributed by atoms with Gasteiger partial charge in [-0.3, -0.25) is 4.79 Å². The number of hydrogen-bond acceptors (Lipinski definition) is 6. The summed E-state index contributed by atoms with van der Waals surface area (Å²) in [7, 11) is 0. The van der Waals surface area contributed by atoms with Gasteiger partial charge in [0.15, 0.2) is 5.82 Å². The van der Waals surface area contributed by atoms with Crippen molar-refractivity contribution in [1.29, 1.82) is 0 Å². The number of benzene rings is 2. The number of fused-ring (bicyclic) bond motifs is 1. The number of aliphatic hydroxyl groups is 1. The summed E-state index contributed by atoms with van der Waals surface area (Å²) >= 11 is 0. The number of aromatic carboxylic acids is 1. The molecule has 0 bridgehead atoms. The molecule has 1 aliphatic carbocycles. The summed E-state index contributed by atoms with van der Waals surface area (Å²) in [5.41, 5.74) is 9.09. The van der Waals surface area contributed by atoms with Crippen LogP contribution in [0.1, 0.15) is 103 Å². The number of nitrogens with one attached hydrogen (secondary N) is 1. The van der Waals surface area contributed by atoms with E-state index in [0.717, 1.165) is 55.5 Å². The first-order valence-electron chi connectivity index (χ1n) is 17.1. The van der Waals surface area contributed by atoms with E-state index in [1.165, 1.54) is 28.5 Å². The SMILES string of the molecule is CCCC(O)C(=O)N1CCC(c2ccc(NC3CCc4cccc(-c5cccc(-n6ncc(C(=O)O)c6CC)n5)c43)cc2CC)CC1. The Morgan fingerprint density at radius 1 is 1.00 bits per heavy atom. The zero-order chi connectivity index (χ0) is 33.1. The molecule has 2 aliphatic rings. The van der Waals surface area contributed by atoms with Gasteiger partial charge in [0.25, 0.3) is 5.91 Å². The molecule has 246 valence electrons. The molecule has 3 N–H and O–H groups in total. The number of likely N-dealkylation sites (tertiary alicyclic amines) is 1. The van der Waals surface area contributed by atoms with Crippen molar-refractivity contribution in [3.05, 3.63) is 94.3 Å². The third kappa shape index (κ3) is 6.54. The predicted octanol–water partition coefficient (Wildman–Crippen LogP) is 6.72. The fraction of sp³-hybridized carbons (Fsp3) is 0.421. The minimum Gasteiger partial charge on any atom is -0.478 e. The number of aryl methyl sites for hydroxylation is 2. The summed E-state index contributed by atoms with van der Waals surface area (Å²) in [4.78, 5) is 31.2. The van der Waals surface area contributed by atoms with E-state index in [-0.39, 0.29) is 17.5 Å². The standard InChI is InChI=1S/C38H45N5O4/c1-4-9-34(44)37(45)42-20-18-25(19-21-42)28-16-15-27(22-24(28)5-2)40-32-17-14-26-10-7-11-29(36(26)32)31-12-8-13-35(41-31)43-33(6-3)30(23-39-43)38(46)47/h7-8,10-13,15-16,22-23,25,32,34,40,44H,4-6,9,14,17-21H2,1-3H3,(H,46,47). The number of piperidine rings is 1. The maximum Gasteiger partial charge on any atom is 0.339 e. The van der Waals surface area contributed by atoms with Crippen LogP contribution in [-0.4, -0.2) is 60.9 Å². The largest absolute Gasteiger partial charge is 0.478 e. The van der Waals surface area contributed by atoms with E-state index in [1.807, 2.05) is 36.9 Å². The zero-order valence-electron chi connectivity index (χ0n) is 27.6. The number of carbonyl (C=O) groups is 2. The first-order valence-corrected chi connectivity index (χ1v) is 17.1. The number of amides is 1. The molecule has 0 saturated carbocycles. The molecule has 0 spiro atoms. The molecule has 1 fully saturated rings. The molecule has 3 heterocycles. The van der Waals surface area contributed by atoms with Crippen LogP contribution in [0.2, 0.25) is 0 Å². The van der Waals surface area contributed by atoms with Crippen LogP contribution in [0, 0.1) is 0 Å². The molecule has 6 rings (SSSR count). The fourth-order valence-electron chi connectivity index (χ4n) is 7.46. The number of carboxylic acid groups (broad SMARTS) is 1. The number of aromatic nitrogens is 3. The molecule has 2 aromatic carbocycles. The second-order valence-electron chi connectivity index (χ2n) is 12.7. The Kier molecular flexibility index (Phi) is 9.73. The summed E-state index contributed by atoms with van der Waals surface area (Å²) in [6, 6.07) is 19.1. The van der Waals surface area contributed by atoms with Crippen molar-refractivity contribution < 1.29 is 19.8 Å². The number of carboxylic acids is 1. The molecule has 0 radical (unpaired) electrons. The predicted molar refractivity (Wildman–Crippen MR) is 183 cm³/mol. The van der Waals surface area contributed by atoms with Gasteiger partial charge in [0, 0.05) is 24.3 Å². The van der Waals surface area contributed by atoms with Crippen molar-refractivity contribution in [1.82, 2.24) is 19.7 Å². The number of aliphatic hydroxyl groups excluding tert-OH is 1. The molecular weight excluding hydrogens is 590 g/mol. The Bertz CT molecular complexity index is 1760. The van der Waals surface area contributed by atoms with Crippen LogP contribution in [0.25, 0.3) is 17.1 Å². The number of anilines is 1. The van der Waals surface area contributed by atoms with E-state index in [0.29, 0.717) is 43.4 Å². The van der Waals surface area contributed by atoms with E-state index >= 15 is 0 Å². The number of nitrogens with zero attached hydrogens (tertiary/aromatic N) is 4. The second-order valence-corrected chi connectivity index (χ2v) is 12.7. The maximum atomic E-state index is 12.6. The van der Waals surface area contributed by atoms with E-state index in [2.05, 4.69) is 53.7 Å². The summed E-state index contributed by atoms with van der Waals surface area (Å²) < 4.78 is 1.64. The van der Waals surface area contributed by atoms with Gasteiger partial charge in [-0.2, -0.15) is 5.10 Å². The first kappa shape index (κ1) is 32.4. The number of pyridine rings is 1. The highest BCUT2D eigenvalue weighted by Gasteiger charge is 2.30. The number of rotatable bonds is 11. The van der Waals surface area contributed by atoms with E-state index in [9.17, 15) is 19.8 Å². The van der Waals surface area contributed by atoms with Crippen molar-refractivity contribution in [2.24, 2.45) is 0 Å². The lowest BCUT2D eigenvalue weighted by molar-refractivity contribution is -0.141. The van der Waals surface area contributed by atoms with Gasteiger partial charge in [0.05, 0.1) is 23.6 Å². The van der Waals surface area contributed by atoms with Crippen LogP contribution in [-0.2, 0) is 24.1 Å². The summed E-state index contributed by atoms with van der Waals surface area (Å²) in [5, 5.41) is 28.0. The van der Waals surface area contributed by atoms with Crippen LogP contribution in [0.5, 0.6) is 0 Å². The Balaban J connectivity index is 1.21. The second kappa shape index (κ2) is 14.1. The highest BCUT2D eigenvalue weighted by Crippen LogP contribution is 2.41. The van der Waals surface area contributed by atoms with Gasteiger partial charge in [-0.25, -0.2) is 14.5 Å². The van der Waals surface area contributed by atoms with Crippen molar-refractivity contribution in [3.8, 4) is 17.1 Å².